The Morgan fingerprint density at radius 3 is 2.64 bits per heavy atom. The van der Waals surface area contributed by atoms with E-state index in [1.807, 2.05) is 24.3 Å². The lowest BCUT2D eigenvalue weighted by Gasteiger charge is -2.35. The van der Waals surface area contributed by atoms with Crippen molar-refractivity contribution >= 4 is 28.8 Å². The fraction of sp³-hybridized carbons (Fsp3) is 0.421. The summed E-state index contributed by atoms with van der Waals surface area (Å²) in [5, 5.41) is 3.50. The second kappa shape index (κ2) is 9.65. The molecule has 0 saturated carbocycles. The van der Waals surface area contributed by atoms with Crippen molar-refractivity contribution in [3.63, 3.8) is 0 Å². The fourth-order valence-corrected chi connectivity index (χ4v) is 4.12. The number of morpholine rings is 1. The molecule has 0 spiro atoms. The molecule has 0 aliphatic carbocycles. The molecule has 1 amide bonds. The number of benzene rings is 1. The van der Waals surface area contributed by atoms with E-state index >= 15 is 0 Å². The molecule has 1 N–H and O–H groups in total. The largest absolute Gasteiger partial charge is 0.433 e. The Bertz CT molecular complexity index is 795. The molecule has 3 rings (SSSR count). The van der Waals surface area contributed by atoms with Crippen LogP contribution in [0.5, 0.6) is 5.75 Å². The van der Waals surface area contributed by atoms with E-state index in [4.69, 9.17) is 16.3 Å². The zero-order valence-electron chi connectivity index (χ0n) is 15.3. The van der Waals surface area contributed by atoms with Crippen LogP contribution in [-0.4, -0.2) is 50.3 Å². The van der Waals surface area contributed by atoms with E-state index in [1.54, 1.807) is 6.92 Å². The number of alkyl halides is 2. The Balaban J connectivity index is 1.74. The molecule has 0 bridgehead atoms. The van der Waals surface area contributed by atoms with Crippen LogP contribution in [0.2, 0.25) is 5.02 Å². The molecule has 1 fully saturated rings. The van der Waals surface area contributed by atoms with Gasteiger partial charge in [-0.1, -0.05) is 23.7 Å². The van der Waals surface area contributed by atoms with Gasteiger partial charge in [0.25, 0.3) is 5.91 Å². The van der Waals surface area contributed by atoms with Gasteiger partial charge >= 0.3 is 6.61 Å². The van der Waals surface area contributed by atoms with E-state index in [2.05, 4.69) is 15.0 Å². The maximum atomic E-state index is 12.6. The predicted molar refractivity (Wildman–Crippen MR) is 105 cm³/mol. The number of ether oxygens (including phenoxy) is 2. The number of hydrogen-bond acceptors (Lipinski definition) is 5. The first kappa shape index (κ1) is 21.0. The summed E-state index contributed by atoms with van der Waals surface area (Å²) in [6, 6.07) is 8.84. The smallest absolute Gasteiger partial charge is 0.387 e. The van der Waals surface area contributed by atoms with Crippen LogP contribution in [0.15, 0.2) is 30.3 Å². The van der Waals surface area contributed by atoms with Crippen molar-refractivity contribution in [2.24, 2.45) is 0 Å². The van der Waals surface area contributed by atoms with Crippen LogP contribution in [0.25, 0.3) is 0 Å². The van der Waals surface area contributed by atoms with Crippen molar-refractivity contribution < 1.29 is 23.0 Å². The molecule has 1 aromatic carbocycles. The fourth-order valence-electron chi connectivity index (χ4n) is 3.13. The number of carbonyl (C=O) groups is 1. The number of rotatable bonds is 7. The number of halogens is 3. The van der Waals surface area contributed by atoms with Crippen molar-refractivity contribution in [3.8, 4) is 5.75 Å². The zero-order valence-corrected chi connectivity index (χ0v) is 16.9. The van der Waals surface area contributed by atoms with Crippen LogP contribution in [0.3, 0.4) is 0 Å². The average molecular weight is 431 g/mol. The molecule has 9 heteroatoms. The van der Waals surface area contributed by atoms with Crippen molar-refractivity contribution in [3.05, 3.63) is 50.7 Å². The highest BCUT2D eigenvalue weighted by atomic mass is 35.5. The van der Waals surface area contributed by atoms with Gasteiger partial charge in [0, 0.05) is 29.5 Å². The van der Waals surface area contributed by atoms with Crippen molar-refractivity contribution in [1.82, 2.24) is 10.2 Å². The van der Waals surface area contributed by atoms with Gasteiger partial charge < -0.3 is 14.8 Å². The van der Waals surface area contributed by atoms with E-state index in [0.29, 0.717) is 24.8 Å². The van der Waals surface area contributed by atoms with Crippen LogP contribution >= 0.6 is 22.9 Å². The summed E-state index contributed by atoms with van der Waals surface area (Å²) in [5.41, 5.74) is 1.01. The first-order chi connectivity index (χ1) is 13.4. The Labute approximate surface area is 171 Å². The second-order valence-corrected chi connectivity index (χ2v) is 8.05. The normalized spacial score (nSPS) is 16.2. The molecule has 1 aliphatic heterocycles. The van der Waals surface area contributed by atoms with Crippen molar-refractivity contribution in [1.29, 1.82) is 0 Å². The zero-order chi connectivity index (χ0) is 20.1. The van der Waals surface area contributed by atoms with E-state index in [9.17, 15) is 13.6 Å². The third kappa shape index (κ3) is 5.41. The van der Waals surface area contributed by atoms with Gasteiger partial charge in [-0.05, 0) is 30.7 Å². The summed E-state index contributed by atoms with van der Waals surface area (Å²) in [7, 11) is 0. The first-order valence-corrected chi connectivity index (χ1v) is 10.0. The monoisotopic (exact) mass is 430 g/mol. The summed E-state index contributed by atoms with van der Waals surface area (Å²) in [4.78, 5) is 15.7. The summed E-state index contributed by atoms with van der Waals surface area (Å²) in [5.74, 6) is -0.523. The number of hydrogen-bond donors (Lipinski definition) is 1. The Hall–Kier alpha value is -1.74. The van der Waals surface area contributed by atoms with E-state index < -0.39 is 12.5 Å². The van der Waals surface area contributed by atoms with Gasteiger partial charge in [-0.3, -0.25) is 9.69 Å². The SMILES string of the molecule is Cc1cc(OC(F)F)c(C(=O)NCC(c2ccc(Cl)cc2)N2CCOCC2)s1. The Kier molecular flexibility index (Phi) is 7.23. The molecule has 5 nitrogen and oxygen atoms in total. The van der Waals surface area contributed by atoms with Crippen LogP contribution < -0.4 is 10.1 Å². The van der Waals surface area contributed by atoms with Crippen molar-refractivity contribution in [2.75, 3.05) is 32.8 Å². The van der Waals surface area contributed by atoms with E-state index in [-0.39, 0.29) is 16.7 Å². The lowest BCUT2D eigenvalue weighted by molar-refractivity contribution is -0.0498. The maximum Gasteiger partial charge on any atom is 0.387 e. The number of amides is 1. The average Bonchev–Trinajstić information content (AvgIpc) is 3.03. The summed E-state index contributed by atoms with van der Waals surface area (Å²) in [6.45, 7) is 1.80. The predicted octanol–water partition coefficient (Wildman–Crippen LogP) is 4.11. The van der Waals surface area contributed by atoms with E-state index in [0.717, 1.165) is 34.9 Å². The molecule has 1 aliphatic rings. The van der Waals surface area contributed by atoms with Gasteiger partial charge in [-0.2, -0.15) is 8.78 Å². The molecule has 28 heavy (non-hydrogen) atoms. The van der Waals surface area contributed by atoms with E-state index in [1.165, 1.54) is 6.07 Å². The number of carbonyl (C=O) groups excluding carboxylic acids is 1. The topological polar surface area (TPSA) is 50.8 Å². The molecule has 1 unspecified atom stereocenters. The van der Waals surface area contributed by atoms with Gasteiger partial charge in [0.05, 0.1) is 19.3 Å². The summed E-state index contributed by atoms with van der Waals surface area (Å²) < 4.78 is 35.1. The van der Waals surface area contributed by atoms with Crippen LogP contribution in [0.1, 0.15) is 26.2 Å². The number of nitrogens with zero attached hydrogens (tertiary/aromatic N) is 1. The molecular weight excluding hydrogens is 410 g/mol. The molecule has 2 aromatic rings. The standard InChI is InChI=1S/C19H21ClF2N2O3S/c1-12-10-16(27-19(21)22)17(28-12)18(25)23-11-15(24-6-8-26-9-7-24)13-2-4-14(20)5-3-13/h2-5,10,15,19H,6-9,11H2,1H3,(H,23,25). The molecule has 1 atom stereocenters. The minimum absolute atomic E-state index is 0.0781. The van der Waals surface area contributed by atoms with Gasteiger partial charge in [-0.25, -0.2) is 0 Å². The molecule has 1 aromatic heterocycles. The molecular formula is C19H21ClF2N2O3S. The maximum absolute atomic E-state index is 12.6. The lowest BCUT2D eigenvalue weighted by atomic mass is 10.0. The van der Waals surface area contributed by atoms with Crippen LogP contribution in [0, 0.1) is 6.92 Å². The summed E-state index contributed by atoms with van der Waals surface area (Å²) >= 11 is 7.12. The van der Waals surface area contributed by atoms with Gasteiger partial charge in [0.1, 0.15) is 10.6 Å². The van der Waals surface area contributed by atoms with Crippen LogP contribution in [-0.2, 0) is 4.74 Å². The molecule has 152 valence electrons. The van der Waals surface area contributed by atoms with Gasteiger partial charge in [-0.15, -0.1) is 11.3 Å². The first-order valence-electron chi connectivity index (χ1n) is 8.84. The van der Waals surface area contributed by atoms with Gasteiger partial charge in [0.15, 0.2) is 0 Å². The highest BCUT2D eigenvalue weighted by molar-refractivity contribution is 7.14. The highest BCUT2D eigenvalue weighted by Gasteiger charge is 2.25. The molecule has 0 radical (unpaired) electrons. The highest BCUT2D eigenvalue weighted by Crippen LogP contribution is 2.30. The lowest BCUT2D eigenvalue weighted by Crippen LogP contribution is -2.43. The minimum atomic E-state index is -2.98. The third-order valence-electron chi connectivity index (χ3n) is 4.44. The van der Waals surface area contributed by atoms with Crippen LogP contribution in [0.4, 0.5) is 8.78 Å². The number of nitrogens with one attached hydrogen (secondary N) is 1. The van der Waals surface area contributed by atoms with Crippen molar-refractivity contribution in [2.45, 2.75) is 19.6 Å². The molecule has 2 heterocycles. The number of aryl methyl sites for hydroxylation is 1. The second-order valence-electron chi connectivity index (χ2n) is 6.35. The van der Waals surface area contributed by atoms with Gasteiger partial charge in [0.2, 0.25) is 0 Å². The third-order valence-corrected chi connectivity index (χ3v) is 5.72. The molecule has 1 saturated heterocycles. The Morgan fingerprint density at radius 1 is 1.32 bits per heavy atom. The minimum Gasteiger partial charge on any atom is -0.433 e. The summed E-state index contributed by atoms with van der Waals surface area (Å²) in [6.07, 6.45) is 0. The number of thiophene rings is 1. The Morgan fingerprint density at radius 2 is 2.00 bits per heavy atom. The quantitative estimate of drug-likeness (QED) is 0.718.